The molecule has 0 aliphatic rings. The molecule has 0 saturated carbocycles. The number of nitrogens with two attached hydrogens (primary N) is 1. The molecule has 0 fully saturated rings. The number of phenolic OH excluding ortho intramolecular Hbond substituents is 1. The van der Waals surface area contributed by atoms with Gasteiger partial charge < -0.3 is 16.2 Å². The van der Waals surface area contributed by atoms with Crippen LogP contribution in [0.15, 0.2) is 36.5 Å². The normalized spacial score (nSPS) is 10.1. The van der Waals surface area contributed by atoms with Crippen molar-refractivity contribution in [2.45, 2.75) is 0 Å². The summed E-state index contributed by atoms with van der Waals surface area (Å²) in [5.41, 5.74) is 6.35. The van der Waals surface area contributed by atoms with E-state index in [1.165, 1.54) is 24.4 Å². The van der Waals surface area contributed by atoms with E-state index in [1.807, 2.05) is 0 Å². The second-order valence-corrected chi connectivity index (χ2v) is 3.93. The minimum Gasteiger partial charge on any atom is -0.506 e. The summed E-state index contributed by atoms with van der Waals surface area (Å²) in [6.07, 6.45) is 1.52. The van der Waals surface area contributed by atoms with E-state index >= 15 is 0 Å². The number of aromatic hydroxyl groups is 1. The fourth-order valence-electron chi connectivity index (χ4n) is 1.36. The van der Waals surface area contributed by atoms with Gasteiger partial charge in [0.2, 0.25) is 0 Å². The fraction of sp³-hybridized carbons (Fsp3) is 0. The molecule has 0 unspecified atom stereocenters. The number of pyridine rings is 1. The molecule has 0 saturated heterocycles. The van der Waals surface area contributed by atoms with E-state index in [-0.39, 0.29) is 22.2 Å². The molecule has 1 heterocycles. The van der Waals surface area contributed by atoms with Crippen LogP contribution >= 0.6 is 11.6 Å². The van der Waals surface area contributed by atoms with Crippen LogP contribution in [0.25, 0.3) is 0 Å². The Balaban J connectivity index is 2.22. The highest BCUT2D eigenvalue weighted by Gasteiger charge is 2.10. The van der Waals surface area contributed by atoms with Crippen molar-refractivity contribution in [3.05, 3.63) is 47.2 Å². The molecule has 1 aromatic heterocycles. The zero-order chi connectivity index (χ0) is 13.1. The van der Waals surface area contributed by atoms with E-state index in [4.69, 9.17) is 17.3 Å². The van der Waals surface area contributed by atoms with Gasteiger partial charge in [0.25, 0.3) is 5.91 Å². The molecule has 6 heteroatoms. The van der Waals surface area contributed by atoms with Gasteiger partial charge in [-0.05, 0) is 30.3 Å². The number of amides is 1. The Morgan fingerprint density at radius 3 is 2.83 bits per heavy atom. The number of hydrogen-bond acceptors (Lipinski definition) is 4. The highest BCUT2D eigenvalue weighted by Crippen LogP contribution is 2.22. The standard InChI is InChI=1S/C12H10ClN3O2/c13-11-9(2-1-5-15-11)16-12(18)7-3-4-8(14)10(17)6-7/h1-6,17H,14H2,(H,16,18). The summed E-state index contributed by atoms with van der Waals surface area (Å²) in [4.78, 5) is 15.7. The SMILES string of the molecule is Nc1ccc(C(=O)Nc2cccnc2Cl)cc1O. The summed E-state index contributed by atoms with van der Waals surface area (Å²) >= 11 is 5.82. The van der Waals surface area contributed by atoms with E-state index < -0.39 is 5.91 Å². The molecule has 1 aromatic carbocycles. The second kappa shape index (κ2) is 4.93. The number of nitrogens with one attached hydrogen (secondary N) is 1. The molecule has 4 N–H and O–H groups in total. The number of aromatic nitrogens is 1. The summed E-state index contributed by atoms with van der Waals surface area (Å²) in [5, 5.41) is 12.2. The van der Waals surface area contributed by atoms with Gasteiger partial charge in [0.1, 0.15) is 5.75 Å². The lowest BCUT2D eigenvalue weighted by atomic mass is 10.2. The lowest BCUT2D eigenvalue weighted by molar-refractivity contribution is 0.102. The van der Waals surface area contributed by atoms with Gasteiger partial charge in [0, 0.05) is 11.8 Å². The topological polar surface area (TPSA) is 88.2 Å². The van der Waals surface area contributed by atoms with Crippen LogP contribution in [0.4, 0.5) is 11.4 Å². The molecular formula is C12H10ClN3O2. The van der Waals surface area contributed by atoms with E-state index in [2.05, 4.69) is 10.3 Å². The van der Waals surface area contributed by atoms with E-state index in [0.29, 0.717) is 5.69 Å². The predicted octanol–water partition coefficient (Wildman–Crippen LogP) is 2.28. The zero-order valence-corrected chi connectivity index (χ0v) is 9.98. The first-order valence-corrected chi connectivity index (χ1v) is 5.46. The van der Waals surface area contributed by atoms with Crippen molar-refractivity contribution in [2.75, 3.05) is 11.1 Å². The number of hydrogen-bond donors (Lipinski definition) is 3. The van der Waals surface area contributed by atoms with Crippen molar-refractivity contribution in [3.63, 3.8) is 0 Å². The van der Waals surface area contributed by atoms with Gasteiger partial charge in [-0.2, -0.15) is 0 Å². The molecule has 5 nitrogen and oxygen atoms in total. The largest absolute Gasteiger partial charge is 0.506 e. The molecule has 92 valence electrons. The molecule has 0 bridgehead atoms. The maximum absolute atomic E-state index is 11.9. The quantitative estimate of drug-likeness (QED) is 0.441. The van der Waals surface area contributed by atoms with E-state index in [9.17, 15) is 9.90 Å². The van der Waals surface area contributed by atoms with Crippen molar-refractivity contribution < 1.29 is 9.90 Å². The molecule has 2 aromatic rings. The molecule has 0 radical (unpaired) electrons. The van der Waals surface area contributed by atoms with Crippen molar-refractivity contribution in [1.29, 1.82) is 0 Å². The molecule has 0 aliphatic carbocycles. The third-order valence-electron chi connectivity index (χ3n) is 2.30. The van der Waals surface area contributed by atoms with Crippen LogP contribution in [0, 0.1) is 0 Å². The second-order valence-electron chi connectivity index (χ2n) is 3.57. The Morgan fingerprint density at radius 1 is 1.39 bits per heavy atom. The van der Waals surface area contributed by atoms with Crippen LogP contribution in [0.3, 0.4) is 0 Å². The number of nitrogen functional groups attached to an aromatic ring is 1. The maximum atomic E-state index is 11.9. The lowest BCUT2D eigenvalue weighted by Gasteiger charge is -2.07. The number of halogens is 1. The third-order valence-corrected chi connectivity index (χ3v) is 2.60. The average Bonchev–Trinajstić information content (AvgIpc) is 2.35. The summed E-state index contributed by atoms with van der Waals surface area (Å²) < 4.78 is 0. The molecule has 0 aliphatic heterocycles. The van der Waals surface area contributed by atoms with Crippen molar-refractivity contribution in [3.8, 4) is 5.75 Å². The molecule has 0 spiro atoms. The zero-order valence-electron chi connectivity index (χ0n) is 9.22. The van der Waals surface area contributed by atoms with Crippen LogP contribution in [0.2, 0.25) is 5.15 Å². The fourth-order valence-corrected chi connectivity index (χ4v) is 1.53. The average molecular weight is 264 g/mol. The van der Waals surface area contributed by atoms with Crippen molar-refractivity contribution in [2.24, 2.45) is 0 Å². The molecule has 2 rings (SSSR count). The Hall–Kier alpha value is -2.27. The van der Waals surface area contributed by atoms with E-state index in [0.717, 1.165) is 0 Å². The van der Waals surface area contributed by atoms with Gasteiger partial charge in [-0.3, -0.25) is 4.79 Å². The van der Waals surface area contributed by atoms with Gasteiger partial charge in [-0.1, -0.05) is 11.6 Å². The van der Waals surface area contributed by atoms with Crippen LogP contribution in [-0.2, 0) is 0 Å². The molecule has 0 atom stereocenters. The van der Waals surface area contributed by atoms with Gasteiger partial charge in [-0.25, -0.2) is 4.98 Å². The highest BCUT2D eigenvalue weighted by atomic mass is 35.5. The van der Waals surface area contributed by atoms with Gasteiger partial charge in [0.15, 0.2) is 5.15 Å². The van der Waals surface area contributed by atoms with Crippen LogP contribution in [-0.4, -0.2) is 16.0 Å². The van der Waals surface area contributed by atoms with Crippen molar-refractivity contribution in [1.82, 2.24) is 4.98 Å². The summed E-state index contributed by atoms with van der Waals surface area (Å²) in [7, 11) is 0. The first-order valence-electron chi connectivity index (χ1n) is 5.08. The predicted molar refractivity (Wildman–Crippen MR) is 69.7 cm³/mol. The number of carbonyl (C=O) groups is 1. The number of rotatable bonds is 2. The number of carbonyl (C=O) groups excluding carboxylic acids is 1. The number of anilines is 2. The molecular weight excluding hydrogens is 254 g/mol. The number of phenols is 1. The van der Waals surface area contributed by atoms with Crippen molar-refractivity contribution >= 4 is 28.9 Å². The smallest absolute Gasteiger partial charge is 0.255 e. The number of nitrogens with zero attached hydrogens (tertiary/aromatic N) is 1. The Labute approximate surface area is 108 Å². The Bertz CT molecular complexity index is 602. The number of benzene rings is 1. The summed E-state index contributed by atoms with van der Waals surface area (Å²) in [6, 6.07) is 7.53. The Morgan fingerprint density at radius 2 is 2.17 bits per heavy atom. The van der Waals surface area contributed by atoms with E-state index in [1.54, 1.807) is 12.1 Å². The highest BCUT2D eigenvalue weighted by molar-refractivity contribution is 6.32. The minimum absolute atomic E-state index is 0.139. The van der Waals surface area contributed by atoms with Crippen LogP contribution in [0.1, 0.15) is 10.4 Å². The lowest BCUT2D eigenvalue weighted by Crippen LogP contribution is -2.12. The van der Waals surface area contributed by atoms with Crippen LogP contribution in [0.5, 0.6) is 5.75 Å². The first-order chi connectivity index (χ1) is 8.58. The Kier molecular flexibility index (Phi) is 3.34. The minimum atomic E-state index is -0.403. The third kappa shape index (κ3) is 2.52. The van der Waals surface area contributed by atoms with Gasteiger partial charge in [0.05, 0.1) is 11.4 Å². The summed E-state index contributed by atoms with van der Waals surface area (Å²) in [6.45, 7) is 0. The summed E-state index contributed by atoms with van der Waals surface area (Å²) in [5.74, 6) is -0.542. The van der Waals surface area contributed by atoms with Gasteiger partial charge in [-0.15, -0.1) is 0 Å². The van der Waals surface area contributed by atoms with Gasteiger partial charge >= 0.3 is 0 Å². The molecule has 1 amide bonds. The monoisotopic (exact) mass is 263 g/mol. The first kappa shape index (κ1) is 12.2. The van der Waals surface area contributed by atoms with Crippen LogP contribution < -0.4 is 11.1 Å². The molecule has 18 heavy (non-hydrogen) atoms. The maximum Gasteiger partial charge on any atom is 0.255 e.